The highest BCUT2D eigenvalue weighted by Crippen LogP contribution is 2.57. The molecule has 2 saturated heterocycles. The first-order valence-electron chi connectivity index (χ1n) is 7.04. The Labute approximate surface area is 112 Å². The van der Waals surface area contributed by atoms with Crippen LogP contribution in [0, 0.1) is 5.41 Å². The fourth-order valence-corrected chi connectivity index (χ4v) is 3.39. The predicted molar refractivity (Wildman–Crippen MR) is 70.1 cm³/mol. The lowest BCUT2D eigenvalue weighted by atomic mass is 9.90. The second-order valence-electron chi connectivity index (χ2n) is 5.94. The number of hydrogen-bond donors (Lipinski definition) is 0. The topological polar surface area (TPSA) is 32.8 Å². The lowest BCUT2D eigenvalue weighted by Crippen LogP contribution is -2.41. The number of carbonyl (C=O) groups is 1. The number of fused-ring (bicyclic) bond motifs is 3. The van der Waals surface area contributed by atoms with Crippen LogP contribution in [0.5, 0.6) is 0 Å². The highest BCUT2D eigenvalue weighted by atomic mass is 16.7. The minimum absolute atomic E-state index is 0.0599. The lowest BCUT2D eigenvalue weighted by Gasteiger charge is -2.31. The van der Waals surface area contributed by atoms with E-state index in [2.05, 4.69) is 0 Å². The molecule has 2 amide bonds. The predicted octanol–water partition coefficient (Wildman–Crippen LogP) is 2.41. The Morgan fingerprint density at radius 1 is 1.21 bits per heavy atom. The summed E-state index contributed by atoms with van der Waals surface area (Å²) < 4.78 is 0. The molecular weight excluding hydrogens is 240 g/mol. The second kappa shape index (κ2) is 3.97. The molecule has 1 spiro atoms. The van der Waals surface area contributed by atoms with Crippen LogP contribution in [0.15, 0.2) is 30.3 Å². The molecule has 3 aliphatic rings. The fourth-order valence-electron chi connectivity index (χ4n) is 3.39. The van der Waals surface area contributed by atoms with Crippen molar-refractivity contribution < 1.29 is 9.63 Å². The minimum Gasteiger partial charge on any atom is -0.321 e. The van der Waals surface area contributed by atoms with E-state index in [1.54, 1.807) is 5.06 Å². The molecule has 19 heavy (non-hydrogen) atoms. The van der Waals surface area contributed by atoms with Gasteiger partial charge in [0.2, 0.25) is 0 Å². The minimum atomic E-state index is 0.0599. The Morgan fingerprint density at radius 2 is 2.00 bits per heavy atom. The molecule has 1 unspecified atom stereocenters. The lowest BCUT2D eigenvalue weighted by molar-refractivity contribution is -0.152. The van der Waals surface area contributed by atoms with Gasteiger partial charge in [-0.15, -0.1) is 0 Å². The largest absolute Gasteiger partial charge is 0.344 e. The number of benzene rings is 1. The summed E-state index contributed by atoms with van der Waals surface area (Å²) in [6.45, 7) is 2.24. The van der Waals surface area contributed by atoms with Crippen LogP contribution in [0.2, 0.25) is 0 Å². The average molecular weight is 258 g/mol. The normalized spacial score (nSPS) is 27.2. The van der Waals surface area contributed by atoms with Crippen molar-refractivity contribution in [2.45, 2.75) is 31.9 Å². The quantitative estimate of drug-likeness (QED) is 0.834. The molecule has 4 rings (SSSR count). The van der Waals surface area contributed by atoms with Gasteiger partial charge in [-0.1, -0.05) is 30.3 Å². The molecule has 0 N–H and O–H groups in total. The van der Waals surface area contributed by atoms with Gasteiger partial charge in [0.1, 0.15) is 6.61 Å². The molecule has 4 nitrogen and oxygen atoms in total. The van der Waals surface area contributed by atoms with E-state index in [1.807, 2.05) is 35.2 Å². The molecule has 1 aromatic rings. The van der Waals surface area contributed by atoms with Crippen LogP contribution >= 0.6 is 0 Å². The maximum Gasteiger partial charge on any atom is 0.344 e. The third kappa shape index (κ3) is 1.74. The Kier molecular flexibility index (Phi) is 2.36. The van der Waals surface area contributed by atoms with Gasteiger partial charge in [-0.2, -0.15) is 5.06 Å². The maximum absolute atomic E-state index is 12.3. The van der Waals surface area contributed by atoms with Gasteiger partial charge in [-0.3, -0.25) is 4.84 Å². The number of carbonyl (C=O) groups excluding carboxylic acids is 1. The standard InChI is InChI=1S/C15H18N2O2/c18-14-16-9-8-15(6-7-15)13(10-16)17(14)19-11-12-4-2-1-3-5-12/h1-5,13H,6-11H2. The number of nitrogens with zero attached hydrogens (tertiary/aromatic N) is 2. The van der Waals surface area contributed by atoms with E-state index in [0.717, 1.165) is 25.1 Å². The summed E-state index contributed by atoms with van der Waals surface area (Å²) in [7, 11) is 0. The van der Waals surface area contributed by atoms with Crippen molar-refractivity contribution in [3.05, 3.63) is 35.9 Å². The molecule has 2 aliphatic heterocycles. The van der Waals surface area contributed by atoms with Gasteiger partial charge in [0, 0.05) is 13.1 Å². The highest BCUT2D eigenvalue weighted by Gasteiger charge is 2.60. The first-order valence-corrected chi connectivity index (χ1v) is 7.04. The Morgan fingerprint density at radius 3 is 2.74 bits per heavy atom. The van der Waals surface area contributed by atoms with Crippen LogP contribution in [0.1, 0.15) is 24.8 Å². The van der Waals surface area contributed by atoms with E-state index in [0.29, 0.717) is 12.0 Å². The molecule has 1 aromatic carbocycles. The molecule has 2 heterocycles. The summed E-state index contributed by atoms with van der Waals surface area (Å²) in [6, 6.07) is 10.4. The molecule has 1 atom stereocenters. The van der Waals surface area contributed by atoms with E-state index in [-0.39, 0.29) is 12.1 Å². The van der Waals surface area contributed by atoms with Crippen molar-refractivity contribution in [2.75, 3.05) is 13.1 Å². The first kappa shape index (κ1) is 11.3. The highest BCUT2D eigenvalue weighted by molar-refractivity contribution is 5.77. The summed E-state index contributed by atoms with van der Waals surface area (Å²) in [4.78, 5) is 20.0. The molecule has 100 valence electrons. The number of piperidine rings is 1. The van der Waals surface area contributed by atoms with E-state index in [1.165, 1.54) is 12.8 Å². The number of hydroxylamine groups is 2. The first-order chi connectivity index (χ1) is 9.28. The second-order valence-corrected chi connectivity index (χ2v) is 5.94. The Bertz CT molecular complexity index is 498. The summed E-state index contributed by atoms with van der Waals surface area (Å²) in [5, 5.41) is 1.66. The van der Waals surface area contributed by atoms with E-state index in [4.69, 9.17) is 4.84 Å². The summed E-state index contributed by atoms with van der Waals surface area (Å²) in [5.41, 5.74) is 1.48. The Hall–Kier alpha value is -1.55. The maximum atomic E-state index is 12.3. The summed E-state index contributed by atoms with van der Waals surface area (Å²) >= 11 is 0. The van der Waals surface area contributed by atoms with Crippen molar-refractivity contribution in [3.63, 3.8) is 0 Å². The molecule has 0 aromatic heterocycles. The summed E-state index contributed by atoms with van der Waals surface area (Å²) in [6.07, 6.45) is 3.66. The number of amides is 2. The molecule has 1 saturated carbocycles. The van der Waals surface area contributed by atoms with Crippen LogP contribution in [-0.4, -0.2) is 35.1 Å². The van der Waals surface area contributed by atoms with Crippen molar-refractivity contribution in [3.8, 4) is 0 Å². The molecule has 4 heteroatoms. The smallest absolute Gasteiger partial charge is 0.321 e. The zero-order chi connectivity index (χ0) is 12.9. The van der Waals surface area contributed by atoms with Crippen LogP contribution in [0.3, 0.4) is 0 Å². The zero-order valence-electron chi connectivity index (χ0n) is 10.9. The molecular formula is C15H18N2O2. The van der Waals surface area contributed by atoms with Gasteiger partial charge < -0.3 is 4.90 Å². The van der Waals surface area contributed by atoms with Gasteiger partial charge in [0.05, 0.1) is 6.04 Å². The third-order valence-corrected chi connectivity index (χ3v) is 4.83. The fraction of sp³-hybridized carbons (Fsp3) is 0.533. The number of urea groups is 1. The van der Waals surface area contributed by atoms with Crippen LogP contribution in [0.4, 0.5) is 4.79 Å². The third-order valence-electron chi connectivity index (χ3n) is 4.83. The van der Waals surface area contributed by atoms with E-state index in [9.17, 15) is 4.79 Å². The van der Waals surface area contributed by atoms with Gasteiger partial charge >= 0.3 is 6.03 Å². The molecule has 0 radical (unpaired) electrons. The Balaban J connectivity index is 1.49. The monoisotopic (exact) mass is 258 g/mol. The zero-order valence-corrected chi connectivity index (χ0v) is 10.9. The van der Waals surface area contributed by atoms with Gasteiger partial charge in [-0.05, 0) is 30.2 Å². The summed E-state index contributed by atoms with van der Waals surface area (Å²) in [5.74, 6) is 0. The number of rotatable bonds is 3. The van der Waals surface area contributed by atoms with Crippen LogP contribution in [-0.2, 0) is 11.4 Å². The van der Waals surface area contributed by atoms with Crippen LogP contribution < -0.4 is 0 Å². The van der Waals surface area contributed by atoms with Crippen molar-refractivity contribution in [1.29, 1.82) is 0 Å². The van der Waals surface area contributed by atoms with Gasteiger partial charge in [0.15, 0.2) is 0 Å². The molecule has 3 fully saturated rings. The van der Waals surface area contributed by atoms with Crippen molar-refractivity contribution >= 4 is 6.03 Å². The SMILES string of the molecule is O=C1N2CCC3(CC3)C(C2)N1OCc1ccccc1. The van der Waals surface area contributed by atoms with E-state index >= 15 is 0 Å². The van der Waals surface area contributed by atoms with Crippen molar-refractivity contribution in [2.24, 2.45) is 5.41 Å². The van der Waals surface area contributed by atoms with Crippen molar-refractivity contribution in [1.82, 2.24) is 9.96 Å². The average Bonchev–Trinajstić information content (AvgIpc) is 3.17. The van der Waals surface area contributed by atoms with Crippen LogP contribution in [0.25, 0.3) is 0 Å². The van der Waals surface area contributed by atoms with Gasteiger partial charge in [-0.25, -0.2) is 4.79 Å². The molecule has 2 bridgehead atoms. The number of hydrogen-bond acceptors (Lipinski definition) is 2. The molecule has 1 aliphatic carbocycles. The van der Waals surface area contributed by atoms with E-state index < -0.39 is 0 Å². The van der Waals surface area contributed by atoms with Gasteiger partial charge in [0.25, 0.3) is 0 Å².